The van der Waals surface area contributed by atoms with Gasteiger partial charge >= 0.3 is 0 Å². The quantitative estimate of drug-likeness (QED) is 0.514. The first-order valence-electron chi connectivity index (χ1n) is 6.30. The van der Waals surface area contributed by atoms with Crippen molar-refractivity contribution in [1.29, 1.82) is 0 Å². The van der Waals surface area contributed by atoms with Gasteiger partial charge in [0.1, 0.15) is 0 Å². The first-order chi connectivity index (χ1) is 7.49. The average molecular weight is 241 g/mol. The number of rotatable bonds is 8. The Labute approximate surface area is 106 Å². The molecule has 0 bridgehead atoms. The summed E-state index contributed by atoms with van der Waals surface area (Å²) in [5.74, 6) is 3.91. The summed E-state index contributed by atoms with van der Waals surface area (Å²) in [5, 5.41) is 3.61. The van der Waals surface area contributed by atoms with Crippen LogP contribution in [0.4, 0.5) is 0 Å². The van der Waals surface area contributed by atoms with Gasteiger partial charge in [0.25, 0.3) is 0 Å². The van der Waals surface area contributed by atoms with Crippen molar-refractivity contribution in [3.05, 3.63) is 0 Å². The molecule has 0 aromatic heterocycles. The minimum absolute atomic E-state index is 0.359. The number of hydrogen-bond acceptors (Lipinski definition) is 2. The normalized spacial score (nSPS) is 13.4. The third-order valence-corrected chi connectivity index (χ3v) is 3.71. The predicted octanol–water partition coefficient (Wildman–Crippen LogP) is 3.69. The molecule has 1 N–H and O–H groups in total. The van der Waals surface area contributed by atoms with Crippen LogP contribution < -0.4 is 5.32 Å². The summed E-state index contributed by atoms with van der Waals surface area (Å²) in [6.45, 7) is 10.1. The fraction of sp³-hybridized carbons (Fsp3) is 0.857. The minimum atomic E-state index is 0.359. The van der Waals surface area contributed by atoms with Crippen molar-refractivity contribution in [3.63, 3.8) is 0 Å². The molecule has 0 saturated carbocycles. The smallest absolute Gasteiger partial charge is 0.0158 e. The van der Waals surface area contributed by atoms with Crippen molar-refractivity contribution >= 4 is 11.8 Å². The van der Waals surface area contributed by atoms with Gasteiger partial charge in [-0.25, -0.2) is 0 Å². The molecule has 0 aliphatic carbocycles. The lowest BCUT2D eigenvalue weighted by atomic mass is 10.1. The SMILES string of the molecule is C#CCCCC(CSC(C)(C)C)NCCC. The summed E-state index contributed by atoms with van der Waals surface area (Å²) >= 11 is 2.04. The molecule has 2 heteroatoms. The third kappa shape index (κ3) is 10.4. The lowest BCUT2D eigenvalue weighted by Crippen LogP contribution is -2.33. The van der Waals surface area contributed by atoms with Crippen LogP contribution in [0.5, 0.6) is 0 Å². The van der Waals surface area contributed by atoms with Gasteiger partial charge < -0.3 is 5.32 Å². The maximum atomic E-state index is 5.28. The van der Waals surface area contributed by atoms with Gasteiger partial charge in [-0.05, 0) is 25.8 Å². The molecule has 0 heterocycles. The van der Waals surface area contributed by atoms with Crippen molar-refractivity contribution in [2.24, 2.45) is 0 Å². The van der Waals surface area contributed by atoms with E-state index in [-0.39, 0.29) is 0 Å². The van der Waals surface area contributed by atoms with E-state index in [1.54, 1.807) is 0 Å². The summed E-state index contributed by atoms with van der Waals surface area (Å²) in [4.78, 5) is 0. The standard InChI is InChI=1S/C14H27NS/c1-6-8-9-10-13(15-11-7-2)12-16-14(3,4)5/h1,13,15H,7-12H2,2-5H3. The van der Waals surface area contributed by atoms with E-state index in [1.807, 2.05) is 11.8 Å². The van der Waals surface area contributed by atoms with Gasteiger partial charge in [0, 0.05) is 23.0 Å². The van der Waals surface area contributed by atoms with Crippen LogP contribution >= 0.6 is 11.8 Å². The highest BCUT2D eigenvalue weighted by atomic mass is 32.2. The van der Waals surface area contributed by atoms with E-state index in [0.29, 0.717) is 10.8 Å². The van der Waals surface area contributed by atoms with Crippen LogP contribution in [0.15, 0.2) is 0 Å². The molecule has 1 unspecified atom stereocenters. The van der Waals surface area contributed by atoms with Crippen molar-refractivity contribution < 1.29 is 0 Å². The van der Waals surface area contributed by atoms with Crippen LogP contribution in [0.2, 0.25) is 0 Å². The predicted molar refractivity (Wildman–Crippen MR) is 77.0 cm³/mol. The Bertz CT molecular complexity index is 200. The van der Waals surface area contributed by atoms with Crippen LogP contribution in [0.3, 0.4) is 0 Å². The number of terminal acetylenes is 1. The molecular weight excluding hydrogens is 214 g/mol. The van der Waals surface area contributed by atoms with Crippen LogP contribution in [0.25, 0.3) is 0 Å². The van der Waals surface area contributed by atoms with E-state index in [1.165, 1.54) is 18.6 Å². The second-order valence-corrected chi connectivity index (χ2v) is 7.02. The zero-order chi connectivity index (χ0) is 12.4. The fourth-order valence-corrected chi connectivity index (χ4v) is 2.38. The molecule has 0 spiro atoms. The molecule has 0 aliphatic heterocycles. The van der Waals surface area contributed by atoms with E-state index in [4.69, 9.17) is 6.42 Å². The molecule has 1 nitrogen and oxygen atoms in total. The highest BCUT2D eigenvalue weighted by Gasteiger charge is 2.14. The van der Waals surface area contributed by atoms with E-state index in [9.17, 15) is 0 Å². The lowest BCUT2D eigenvalue weighted by molar-refractivity contribution is 0.506. The van der Waals surface area contributed by atoms with Gasteiger partial charge in [-0.3, -0.25) is 0 Å². The molecule has 0 amide bonds. The minimum Gasteiger partial charge on any atom is -0.313 e. The Morgan fingerprint density at radius 1 is 1.38 bits per heavy atom. The number of unbranched alkanes of at least 4 members (excludes halogenated alkanes) is 1. The summed E-state index contributed by atoms with van der Waals surface area (Å²) in [6.07, 6.45) is 9.73. The lowest BCUT2D eigenvalue weighted by Gasteiger charge is -2.23. The monoisotopic (exact) mass is 241 g/mol. The number of thioether (sulfide) groups is 1. The fourth-order valence-electron chi connectivity index (χ4n) is 1.39. The van der Waals surface area contributed by atoms with Gasteiger partial charge in [-0.1, -0.05) is 27.7 Å². The van der Waals surface area contributed by atoms with E-state index >= 15 is 0 Å². The average Bonchev–Trinajstić information content (AvgIpc) is 2.20. The molecule has 1 atom stereocenters. The van der Waals surface area contributed by atoms with Gasteiger partial charge in [-0.2, -0.15) is 11.8 Å². The van der Waals surface area contributed by atoms with Crippen LogP contribution in [0, 0.1) is 12.3 Å². The van der Waals surface area contributed by atoms with Gasteiger partial charge in [0.05, 0.1) is 0 Å². The van der Waals surface area contributed by atoms with E-state index in [2.05, 4.69) is 38.9 Å². The first kappa shape index (κ1) is 15.9. The molecular formula is C14H27NS. The zero-order valence-electron chi connectivity index (χ0n) is 11.3. The summed E-state index contributed by atoms with van der Waals surface area (Å²) in [6, 6.07) is 0.623. The molecule has 0 aliphatic rings. The maximum absolute atomic E-state index is 5.28. The number of hydrogen-bond donors (Lipinski definition) is 1. The zero-order valence-corrected chi connectivity index (χ0v) is 12.1. The molecule has 0 radical (unpaired) electrons. The second kappa shape index (κ2) is 8.96. The molecule has 94 valence electrons. The summed E-state index contributed by atoms with van der Waals surface area (Å²) in [7, 11) is 0. The van der Waals surface area contributed by atoms with Gasteiger partial charge in [0.15, 0.2) is 0 Å². The molecule has 0 rings (SSSR count). The summed E-state index contributed by atoms with van der Waals surface area (Å²) < 4.78 is 0.359. The largest absolute Gasteiger partial charge is 0.313 e. The highest BCUT2D eigenvalue weighted by Crippen LogP contribution is 2.24. The van der Waals surface area contributed by atoms with Crippen LogP contribution in [-0.2, 0) is 0 Å². The second-order valence-electron chi connectivity index (χ2n) is 5.17. The highest BCUT2D eigenvalue weighted by molar-refractivity contribution is 8.00. The van der Waals surface area contributed by atoms with Crippen molar-refractivity contribution in [1.82, 2.24) is 5.32 Å². The van der Waals surface area contributed by atoms with Gasteiger partial charge in [0.2, 0.25) is 0 Å². The summed E-state index contributed by atoms with van der Waals surface area (Å²) in [5.41, 5.74) is 0. The van der Waals surface area contributed by atoms with Crippen molar-refractivity contribution in [3.8, 4) is 12.3 Å². The Balaban J connectivity index is 3.85. The van der Waals surface area contributed by atoms with E-state index in [0.717, 1.165) is 19.4 Å². The van der Waals surface area contributed by atoms with Crippen molar-refractivity contribution in [2.75, 3.05) is 12.3 Å². The van der Waals surface area contributed by atoms with Crippen LogP contribution in [-0.4, -0.2) is 23.1 Å². The molecule has 16 heavy (non-hydrogen) atoms. The molecule has 0 fully saturated rings. The Morgan fingerprint density at radius 2 is 2.06 bits per heavy atom. The number of nitrogens with one attached hydrogen (secondary N) is 1. The topological polar surface area (TPSA) is 12.0 Å². The molecule has 0 aromatic carbocycles. The van der Waals surface area contributed by atoms with E-state index < -0.39 is 0 Å². The van der Waals surface area contributed by atoms with Crippen molar-refractivity contribution in [2.45, 2.75) is 64.2 Å². The molecule has 0 aromatic rings. The van der Waals surface area contributed by atoms with Gasteiger partial charge in [-0.15, -0.1) is 12.3 Å². The third-order valence-electron chi connectivity index (χ3n) is 2.27. The first-order valence-corrected chi connectivity index (χ1v) is 7.29. The Morgan fingerprint density at radius 3 is 2.56 bits per heavy atom. The Hall–Kier alpha value is -0.130. The van der Waals surface area contributed by atoms with Crippen LogP contribution in [0.1, 0.15) is 53.4 Å². The molecule has 0 saturated heterocycles. The Kier molecular flexibility index (Phi) is 8.89. The maximum Gasteiger partial charge on any atom is 0.0158 e.